The van der Waals surface area contributed by atoms with Crippen LogP contribution in [0.2, 0.25) is 0 Å². The first-order valence-electron chi connectivity index (χ1n) is 9.11. The molecule has 0 radical (unpaired) electrons. The number of nitrogens with one attached hydrogen (secondary N) is 1. The first-order chi connectivity index (χ1) is 13.3. The predicted octanol–water partition coefficient (Wildman–Crippen LogP) is 3.11. The highest BCUT2D eigenvalue weighted by atomic mass is 32.2. The highest BCUT2D eigenvalue weighted by Crippen LogP contribution is 2.21. The molecule has 0 saturated carbocycles. The maximum absolute atomic E-state index is 5.68. The number of rotatable bonds is 10. The van der Waals surface area contributed by atoms with E-state index >= 15 is 0 Å². The van der Waals surface area contributed by atoms with Gasteiger partial charge >= 0.3 is 0 Å². The van der Waals surface area contributed by atoms with E-state index in [0.29, 0.717) is 31.0 Å². The van der Waals surface area contributed by atoms with Crippen molar-refractivity contribution in [1.82, 2.24) is 10.3 Å². The van der Waals surface area contributed by atoms with E-state index in [2.05, 4.69) is 27.6 Å². The number of aromatic nitrogens is 1. The van der Waals surface area contributed by atoms with Crippen LogP contribution < -0.4 is 14.8 Å². The quantitative estimate of drug-likeness (QED) is 0.384. The van der Waals surface area contributed by atoms with Crippen LogP contribution in [-0.2, 0) is 11.3 Å². The Labute approximate surface area is 164 Å². The van der Waals surface area contributed by atoms with Gasteiger partial charge in [0.25, 0.3) is 0 Å². The molecular weight excluding hydrogens is 362 g/mol. The predicted molar refractivity (Wildman–Crippen MR) is 109 cm³/mol. The second-order valence-corrected chi connectivity index (χ2v) is 7.30. The van der Waals surface area contributed by atoms with Crippen LogP contribution in [0.3, 0.4) is 0 Å². The van der Waals surface area contributed by atoms with Gasteiger partial charge in [-0.2, -0.15) is 0 Å². The molecule has 0 amide bonds. The summed E-state index contributed by atoms with van der Waals surface area (Å²) in [7, 11) is 0. The molecule has 3 rings (SSSR count). The Balaban J connectivity index is 1.32. The van der Waals surface area contributed by atoms with Crippen LogP contribution in [0.5, 0.6) is 11.6 Å². The average Bonchev–Trinajstić information content (AvgIpc) is 3.20. The number of benzene rings is 1. The lowest BCUT2D eigenvalue weighted by Gasteiger charge is -2.09. The Kier molecular flexibility index (Phi) is 7.80. The van der Waals surface area contributed by atoms with Crippen LogP contribution in [0.15, 0.2) is 47.8 Å². The van der Waals surface area contributed by atoms with Crippen LogP contribution in [-0.4, -0.2) is 48.7 Å². The minimum atomic E-state index is 0.382. The number of hydrogen-bond acceptors (Lipinski definition) is 7. The van der Waals surface area contributed by atoms with Gasteiger partial charge in [0, 0.05) is 35.5 Å². The lowest BCUT2D eigenvalue weighted by Crippen LogP contribution is -2.14. The van der Waals surface area contributed by atoms with Crippen molar-refractivity contribution in [1.29, 1.82) is 0 Å². The molecule has 1 atom stereocenters. The van der Waals surface area contributed by atoms with Gasteiger partial charge in [0.05, 0.1) is 12.8 Å². The van der Waals surface area contributed by atoms with Crippen LogP contribution in [0.25, 0.3) is 0 Å². The molecule has 1 aliphatic rings. The Hall–Kier alpha value is -2.25. The Bertz CT molecular complexity index is 701. The second-order valence-electron chi connectivity index (χ2n) is 6.01. The summed E-state index contributed by atoms with van der Waals surface area (Å²) in [5, 5.41) is 7.97. The van der Waals surface area contributed by atoms with Crippen LogP contribution in [0.1, 0.15) is 18.1 Å². The molecule has 1 aromatic heterocycles. The molecule has 0 spiro atoms. The molecule has 7 heteroatoms. The molecule has 1 fully saturated rings. The molecular formula is C20H25N3O3S. The first-order valence-corrected chi connectivity index (χ1v) is 10.2. The topological polar surface area (TPSA) is 65.0 Å². The fourth-order valence-electron chi connectivity index (χ4n) is 2.62. The molecule has 6 nitrogen and oxygen atoms in total. The summed E-state index contributed by atoms with van der Waals surface area (Å²) in [5.41, 5.74) is 2.19. The zero-order chi connectivity index (χ0) is 18.7. The summed E-state index contributed by atoms with van der Waals surface area (Å²) in [5.74, 6) is 2.51. The molecule has 1 unspecified atom stereocenters. The standard InChI is InChI=1S/C20H25N3O3S/c1-2-24-20-8-5-17(12-22-20)13-23-26-10-9-25-18-6-3-16(4-7-18)11-19-14-21-15-27-19/h3-8,12-13,19,21H,2,9-11,14-15H2,1H3. The smallest absolute Gasteiger partial charge is 0.213 e. The van der Waals surface area contributed by atoms with Gasteiger partial charge in [0.1, 0.15) is 12.4 Å². The van der Waals surface area contributed by atoms with Crippen LogP contribution in [0, 0.1) is 0 Å². The molecule has 1 aromatic carbocycles. The summed E-state index contributed by atoms with van der Waals surface area (Å²) >= 11 is 1.98. The van der Waals surface area contributed by atoms with Gasteiger partial charge in [-0.15, -0.1) is 11.8 Å². The Morgan fingerprint density at radius 3 is 2.78 bits per heavy atom. The van der Waals surface area contributed by atoms with Crippen molar-refractivity contribution in [3.8, 4) is 11.6 Å². The molecule has 1 N–H and O–H groups in total. The van der Waals surface area contributed by atoms with Crippen LogP contribution in [0.4, 0.5) is 0 Å². The molecule has 1 aliphatic heterocycles. The summed E-state index contributed by atoms with van der Waals surface area (Å²) in [6.45, 7) is 4.44. The van der Waals surface area contributed by atoms with E-state index in [1.165, 1.54) is 5.56 Å². The number of ether oxygens (including phenoxy) is 2. The average molecular weight is 388 g/mol. The minimum absolute atomic E-state index is 0.382. The van der Waals surface area contributed by atoms with Crippen LogP contribution >= 0.6 is 11.8 Å². The normalized spacial score (nSPS) is 16.6. The number of hydrogen-bond donors (Lipinski definition) is 1. The first kappa shape index (κ1) is 19.5. The van der Waals surface area contributed by atoms with E-state index in [9.17, 15) is 0 Å². The van der Waals surface area contributed by atoms with Crippen molar-refractivity contribution in [2.24, 2.45) is 5.16 Å². The fourth-order valence-corrected chi connectivity index (χ4v) is 3.64. The van der Waals surface area contributed by atoms with E-state index in [-0.39, 0.29) is 0 Å². The van der Waals surface area contributed by atoms with Crippen molar-refractivity contribution in [2.45, 2.75) is 18.6 Å². The molecule has 0 bridgehead atoms. The third kappa shape index (κ3) is 6.77. The lowest BCUT2D eigenvalue weighted by molar-refractivity contribution is 0.108. The molecule has 144 valence electrons. The maximum atomic E-state index is 5.68. The molecule has 1 saturated heterocycles. The van der Waals surface area contributed by atoms with Gasteiger partial charge < -0.3 is 19.6 Å². The number of thioether (sulfide) groups is 1. The van der Waals surface area contributed by atoms with Crippen molar-refractivity contribution >= 4 is 18.0 Å². The third-order valence-corrected chi connectivity index (χ3v) is 5.13. The Morgan fingerprint density at radius 1 is 1.19 bits per heavy atom. The van der Waals surface area contributed by atoms with E-state index in [1.807, 2.05) is 36.9 Å². The van der Waals surface area contributed by atoms with Gasteiger partial charge in [-0.05, 0) is 37.1 Å². The summed E-state index contributed by atoms with van der Waals surface area (Å²) in [6.07, 6.45) is 4.40. The van der Waals surface area contributed by atoms with E-state index in [0.717, 1.165) is 30.2 Å². The maximum Gasteiger partial charge on any atom is 0.213 e. The fraction of sp³-hybridized carbons (Fsp3) is 0.400. The van der Waals surface area contributed by atoms with Crippen molar-refractivity contribution in [2.75, 3.05) is 32.2 Å². The number of pyridine rings is 1. The van der Waals surface area contributed by atoms with E-state index in [4.69, 9.17) is 14.3 Å². The van der Waals surface area contributed by atoms with E-state index in [1.54, 1.807) is 18.5 Å². The SMILES string of the molecule is CCOc1ccc(C=NOCCOc2ccc(CC3CNCS3)cc2)cn1. The summed E-state index contributed by atoms with van der Waals surface area (Å²) in [4.78, 5) is 9.39. The van der Waals surface area contributed by atoms with Gasteiger partial charge in [0.15, 0.2) is 6.61 Å². The number of nitrogens with zero attached hydrogens (tertiary/aromatic N) is 2. The largest absolute Gasteiger partial charge is 0.490 e. The zero-order valence-electron chi connectivity index (χ0n) is 15.5. The Morgan fingerprint density at radius 2 is 2.07 bits per heavy atom. The molecule has 2 aromatic rings. The monoisotopic (exact) mass is 387 g/mol. The molecule has 0 aliphatic carbocycles. The highest BCUT2D eigenvalue weighted by Gasteiger charge is 2.15. The lowest BCUT2D eigenvalue weighted by atomic mass is 10.1. The van der Waals surface area contributed by atoms with Crippen molar-refractivity contribution < 1.29 is 14.3 Å². The van der Waals surface area contributed by atoms with Gasteiger partial charge in [-0.25, -0.2) is 4.98 Å². The van der Waals surface area contributed by atoms with E-state index < -0.39 is 0 Å². The number of oxime groups is 1. The van der Waals surface area contributed by atoms with Gasteiger partial charge in [-0.1, -0.05) is 17.3 Å². The van der Waals surface area contributed by atoms with Crippen molar-refractivity contribution in [3.05, 3.63) is 53.7 Å². The highest BCUT2D eigenvalue weighted by molar-refractivity contribution is 8.00. The molecule has 27 heavy (non-hydrogen) atoms. The third-order valence-electron chi connectivity index (χ3n) is 3.95. The zero-order valence-corrected chi connectivity index (χ0v) is 16.3. The summed E-state index contributed by atoms with van der Waals surface area (Å²) in [6, 6.07) is 12.0. The summed E-state index contributed by atoms with van der Waals surface area (Å²) < 4.78 is 11.0. The van der Waals surface area contributed by atoms with Gasteiger partial charge in [0.2, 0.25) is 5.88 Å². The second kappa shape index (κ2) is 10.8. The minimum Gasteiger partial charge on any atom is -0.490 e. The van der Waals surface area contributed by atoms with Gasteiger partial charge in [-0.3, -0.25) is 0 Å². The molecule has 2 heterocycles. The van der Waals surface area contributed by atoms with Crippen molar-refractivity contribution in [3.63, 3.8) is 0 Å².